The van der Waals surface area contributed by atoms with Crippen LogP contribution in [0, 0.1) is 5.41 Å². The molecule has 1 aliphatic rings. The van der Waals surface area contributed by atoms with Crippen molar-refractivity contribution >= 4 is 17.9 Å². The van der Waals surface area contributed by atoms with Crippen LogP contribution in [0.1, 0.15) is 59.3 Å². The second-order valence-electron chi connectivity index (χ2n) is 6.66. The summed E-state index contributed by atoms with van der Waals surface area (Å²) in [7, 11) is 0. The number of carbonyl (C=O) groups excluding carboxylic acids is 2. The molecule has 6 heteroatoms. The first kappa shape index (κ1) is 17.5. The normalized spacial score (nSPS) is 19.8. The Labute approximate surface area is 125 Å². The van der Waals surface area contributed by atoms with Crippen molar-refractivity contribution in [3.05, 3.63) is 0 Å². The summed E-state index contributed by atoms with van der Waals surface area (Å²) in [5.74, 6) is -1.36. The van der Waals surface area contributed by atoms with Crippen molar-refractivity contribution in [1.82, 2.24) is 10.2 Å². The van der Waals surface area contributed by atoms with Crippen molar-refractivity contribution in [2.75, 3.05) is 6.54 Å². The summed E-state index contributed by atoms with van der Waals surface area (Å²) in [5.41, 5.74) is -0.666. The van der Waals surface area contributed by atoms with Gasteiger partial charge in [-0.05, 0) is 25.2 Å². The maximum absolute atomic E-state index is 12.2. The third kappa shape index (κ3) is 6.14. The number of carbonyl (C=O) groups is 3. The lowest BCUT2D eigenvalue weighted by atomic mass is 9.85. The topological polar surface area (TPSA) is 86.7 Å². The molecule has 0 aliphatic carbocycles. The smallest absolute Gasteiger partial charge is 0.324 e. The summed E-state index contributed by atoms with van der Waals surface area (Å²) in [5, 5.41) is 11.2. The molecule has 0 aromatic heterocycles. The summed E-state index contributed by atoms with van der Waals surface area (Å²) < 4.78 is 0. The number of hydrogen-bond donors (Lipinski definition) is 2. The number of nitrogens with one attached hydrogen (secondary N) is 1. The highest BCUT2D eigenvalue weighted by atomic mass is 16.4. The Bertz CT molecular complexity index is 406. The lowest BCUT2D eigenvalue weighted by Crippen LogP contribution is -2.47. The van der Waals surface area contributed by atoms with Crippen LogP contribution in [0.4, 0.5) is 4.79 Å². The van der Waals surface area contributed by atoms with Crippen LogP contribution in [0.2, 0.25) is 0 Å². The Morgan fingerprint density at radius 1 is 1.19 bits per heavy atom. The van der Waals surface area contributed by atoms with E-state index in [1.165, 1.54) is 0 Å². The molecule has 1 rings (SSSR count). The summed E-state index contributed by atoms with van der Waals surface area (Å²) >= 11 is 0. The fourth-order valence-electron chi connectivity index (χ4n) is 2.72. The molecule has 1 fully saturated rings. The van der Waals surface area contributed by atoms with E-state index in [2.05, 4.69) is 5.32 Å². The predicted molar refractivity (Wildman–Crippen MR) is 78.8 cm³/mol. The molecule has 0 aromatic rings. The zero-order valence-electron chi connectivity index (χ0n) is 13.1. The van der Waals surface area contributed by atoms with Crippen LogP contribution in [0.15, 0.2) is 0 Å². The van der Waals surface area contributed by atoms with Gasteiger partial charge in [-0.3, -0.25) is 14.9 Å². The molecule has 0 bridgehead atoms. The highest BCUT2D eigenvalue weighted by molar-refractivity contribution is 5.94. The molecule has 120 valence electrons. The molecule has 0 radical (unpaired) electrons. The Morgan fingerprint density at radius 3 is 2.48 bits per heavy atom. The maximum atomic E-state index is 12.2. The summed E-state index contributed by atoms with van der Waals surface area (Å²) in [4.78, 5) is 36.5. The molecule has 3 amide bonds. The Balaban J connectivity index is 2.53. The van der Waals surface area contributed by atoms with Crippen molar-refractivity contribution in [2.45, 2.75) is 65.3 Å². The van der Waals surface area contributed by atoms with E-state index in [9.17, 15) is 14.4 Å². The molecule has 21 heavy (non-hydrogen) atoms. The number of imide groups is 1. The zero-order valence-corrected chi connectivity index (χ0v) is 13.1. The van der Waals surface area contributed by atoms with Gasteiger partial charge in [0.2, 0.25) is 5.91 Å². The van der Waals surface area contributed by atoms with Crippen molar-refractivity contribution in [3.8, 4) is 0 Å². The third-order valence-corrected chi connectivity index (χ3v) is 3.83. The molecular weight excluding hydrogens is 272 g/mol. The van der Waals surface area contributed by atoms with E-state index in [-0.39, 0.29) is 24.9 Å². The Kier molecular flexibility index (Phi) is 6.18. The lowest BCUT2D eigenvalue weighted by Gasteiger charge is -2.28. The molecule has 2 N–H and O–H groups in total. The van der Waals surface area contributed by atoms with E-state index in [0.29, 0.717) is 6.54 Å². The van der Waals surface area contributed by atoms with Crippen LogP contribution < -0.4 is 5.32 Å². The van der Waals surface area contributed by atoms with Gasteiger partial charge in [-0.25, -0.2) is 4.79 Å². The summed E-state index contributed by atoms with van der Waals surface area (Å²) in [6.07, 6.45) is 4.03. The number of carboxylic acid groups (broad SMARTS) is 1. The average Bonchev–Trinajstić information content (AvgIpc) is 2.50. The van der Waals surface area contributed by atoms with E-state index in [1.807, 2.05) is 6.92 Å². The number of aliphatic carboxylic acids is 1. The number of likely N-dealkylation sites (tertiary alicyclic amines) is 1. The standard InChI is InChI=1S/C15H26N2O4/c1-11-7-5-4-6-8-17(11)14(21)16-12(18)9-15(2,3)10-13(19)20/h11H,4-10H2,1-3H3,(H,19,20)(H,16,18,21). The molecular formula is C15H26N2O4. The van der Waals surface area contributed by atoms with Gasteiger partial charge in [0.05, 0.1) is 6.42 Å². The van der Waals surface area contributed by atoms with Crippen LogP contribution in [0.5, 0.6) is 0 Å². The lowest BCUT2D eigenvalue weighted by molar-refractivity contribution is -0.139. The molecule has 1 saturated heterocycles. The van der Waals surface area contributed by atoms with Gasteiger partial charge >= 0.3 is 12.0 Å². The largest absolute Gasteiger partial charge is 0.481 e. The van der Waals surface area contributed by atoms with Crippen LogP contribution in [-0.4, -0.2) is 40.5 Å². The van der Waals surface area contributed by atoms with Crippen LogP contribution in [0.3, 0.4) is 0 Å². The fraction of sp³-hybridized carbons (Fsp3) is 0.800. The first-order valence-electron chi connectivity index (χ1n) is 7.53. The summed E-state index contributed by atoms with van der Waals surface area (Å²) in [6.45, 7) is 6.07. The van der Waals surface area contributed by atoms with Gasteiger partial charge in [0.15, 0.2) is 0 Å². The van der Waals surface area contributed by atoms with Gasteiger partial charge in [0, 0.05) is 19.0 Å². The zero-order chi connectivity index (χ0) is 16.0. The van der Waals surface area contributed by atoms with Crippen molar-refractivity contribution in [3.63, 3.8) is 0 Å². The molecule has 1 atom stereocenters. The summed E-state index contributed by atoms with van der Waals surface area (Å²) in [6, 6.07) is -0.229. The Hall–Kier alpha value is -1.59. The van der Waals surface area contributed by atoms with Crippen molar-refractivity contribution in [2.24, 2.45) is 5.41 Å². The first-order valence-corrected chi connectivity index (χ1v) is 7.53. The van der Waals surface area contributed by atoms with Gasteiger partial charge in [0.1, 0.15) is 0 Å². The van der Waals surface area contributed by atoms with E-state index in [1.54, 1.807) is 18.7 Å². The molecule has 0 saturated carbocycles. The minimum atomic E-state index is -0.944. The quantitative estimate of drug-likeness (QED) is 0.834. The van der Waals surface area contributed by atoms with Gasteiger partial charge in [0.25, 0.3) is 0 Å². The van der Waals surface area contributed by atoms with Crippen molar-refractivity contribution < 1.29 is 19.5 Å². The van der Waals surface area contributed by atoms with E-state index < -0.39 is 17.3 Å². The van der Waals surface area contributed by atoms with Gasteiger partial charge in [-0.2, -0.15) is 0 Å². The number of carboxylic acids is 1. The fourth-order valence-corrected chi connectivity index (χ4v) is 2.72. The maximum Gasteiger partial charge on any atom is 0.324 e. The van der Waals surface area contributed by atoms with E-state index >= 15 is 0 Å². The first-order chi connectivity index (χ1) is 9.71. The van der Waals surface area contributed by atoms with Crippen LogP contribution >= 0.6 is 0 Å². The number of nitrogens with zero attached hydrogens (tertiary/aromatic N) is 1. The highest BCUT2D eigenvalue weighted by Crippen LogP contribution is 2.25. The highest BCUT2D eigenvalue weighted by Gasteiger charge is 2.28. The number of amides is 3. The molecule has 1 aliphatic heterocycles. The van der Waals surface area contributed by atoms with E-state index in [0.717, 1.165) is 25.7 Å². The van der Waals surface area contributed by atoms with Crippen LogP contribution in [0.25, 0.3) is 0 Å². The number of urea groups is 1. The monoisotopic (exact) mass is 298 g/mol. The van der Waals surface area contributed by atoms with Crippen molar-refractivity contribution in [1.29, 1.82) is 0 Å². The minimum absolute atomic E-state index is 0.0211. The molecule has 0 spiro atoms. The SMILES string of the molecule is CC1CCCCCN1C(=O)NC(=O)CC(C)(C)CC(=O)O. The van der Waals surface area contributed by atoms with Crippen LogP contribution in [-0.2, 0) is 9.59 Å². The third-order valence-electron chi connectivity index (χ3n) is 3.83. The molecule has 1 unspecified atom stereocenters. The van der Waals surface area contributed by atoms with Gasteiger partial charge in [-0.15, -0.1) is 0 Å². The molecule has 1 heterocycles. The van der Waals surface area contributed by atoms with Gasteiger partial charge < -0.3 is 10.0 Å². The Morgan fingerprint density at radius 2 is 1.86 bits per heavy atom. The average molecular weight is 298 g/mol. The number of hydrogen-bond acceptors (Lipinski definition) is 3. The number of rotatable bonds is 4. The minimum Gasteiger partial charge on any atom is -0.481 e. The predicted octanol–water partition coefficient (Wildman–Crippen LogP) is 2.38. The second kappa shape index (κ2) is 7.43. The second-order valence-corrected chi connectivity index (χ2v) is 6.66. The van der Waals surface area contributed by atoms with Gasteiger partial charge in [-0.1, -0.05) is 26.7 Å². The molecule has 6 nitrogen and oxygen atoms in total. The molecule has 0 aromatic carbocycles. The van der Waals surface area contributed by atoms with E-state index in [4.69, 9.17) is 5.11 Å².